The Hall–Kier alpha value is -1.29. The Morgan fingerprint density at radius 2 is 1.67 bits per heavy atom. The summed E-state index contributed by atoms with van der Waals surface area (Å²) in [6.45, 7) is 18.7. The molecule has 1 aliphatic rings. The summed E-state index contributed by atoms with van der Waals surface area (Å²) in [5, 5.41) is 0.482. The first-order valence-corrected chi connectivity index (χ1v) is 5.01. The zero-order valence-electron chi connectivity index (χ0n) is 9.33. The van der Waals surface area contributed by atoms with E-state index in [1.165, 1.54) is 0 Å². The van der Waals surface area contributed by atoms with Crippen molar-refractivity contribution in [3.05, 3.63) is 35.4 Å². The summed E-state index contributed by atoms with van der Waals surface area (Å²) in [7, 11) is 0. The van der Waals surface area contributed by atoms with Gasteiger partial charge in [0, 0.05) is 0 Å². The van der Waals surface area contributed by atoms with E-state index in [9.17, 15) is 4.79 Å². The zero-order valence-corrected chi connectivity index (χ0v) is 11.3. The van der Waals surface area contributed by atoms with Crippen molar-refractivity contribution in [1.29, 1.82) is 0 Å². The summed E-state index contributed by atoms with van der Waals surface area (Å²) in [5.41, 5.74) is 0.491. The number of carbonyl (C=O) groups excluding carboxylic acids is 4. The number of ketones is 1. The first-order valence-electron chi connectivity index (χ1n) is 4.04. The molecular formula is C12H8ClMnO4. The fourth-order valence-electron chi connectivity index (χ4n) is 0.961. The quantitative estimate of drug-likeness (QED) is 0.570. The molecule has 0 N–H and O–H groups in total. The number of carbonyl (C=O) groups is 1. The summed E-state index contributed by atoms with van der Waals surface area (Å²) in [6.07, 6.45) is 5.15. The van der Waals surface area contributed by atoms with Crippen molar-refractivity contribution >= 4 is 37.8 Å². The van der Waals surface area contributed by atoms with E-state index in [0.717, 1.165) is 0 Å². The van der Waals surface area contributed by atoms with Crippen molar-refractivity contribution in [3.63, 3.8) is 0 Å². The van der Waals surface area contributed by atoms with Crippen LogP contribution in [0.25, 0.3) is 0 Å². The number of hydrogen-bond donors (Lipinski definition) is 0. The molecule has 18 heavy (non-hydrogen) atoms. The van der Waals surface area contributed by atoms with Crippen LogP contribution in [0.4, 0.5) is 0 Å². The van der Waals surface area contributed by atoms with Gasteiger partial charge in [0.1, 0.15) is 0 Å². The third-order valence-corrected chi connectivity index (χ3v) is 3.00. The average Bonchev–Trinajstić information content (AvgIpc) is 2.77. The summed E-state index contributed by atoms with van der Waals surface area (Å²) in [4.78, 5) is 34.1. The Labute approximate surface area is 120 Å². The van der Waals surface area contributed by atoms with Gasteiger partial charge in [0.15, 0.2) is 0 Å². The minimum atomic E-state index is -0.847. The predicted octanol–water partition coefficient (Wildman–Crippen LogP) is 1.34. The fourth-order valence-corrected chi connectivity index (χ4v) is 1.65. The van der Waals surface area contributed by atoms with Crippen LogP contribution in [-0.4, -0.2) is 26.2 Å². The van der Waals surface area contributed by atoms with Crippen molar-refractivity contribution in [1.82, 2.24) is 0 Å². The van der Waals surface area contributed by atoms with Crippen molar-refractivity contribution in [2.75, 3.05) is 0 Å². The van der Waals surface area contributed by atoms with Crippen LogP contribution in [0.3, 0.4) is 0 Å². The third-order valence-electron chi connectivity index (χ3n) is 1.63. The Balaban J connectivity index is -0.000000328. The van der Waals surface area contributed by atoms with Gasteiger partial charge in [-0.1, -0.05) is 0 Å². The van der Waals surface area contributed by atoms with Crippen molar-refractivity contribution in [3.8, 4) is 0 Å². The molecule has 94 valence electrons. The maximum atomic E-state index is 11.6. The van der Waals surface area contributed by atoms with Gasteiger partial charge >= 0.3 is 84.8 Å². The van der Waals surface area contributed by atoms with Gasteiger partial charge in [-0.25, -0.2) is 0 Å². The minimum absolute atomic E-state index is 0.0995. The second kappa shape index (κ2) is 12.2. The van der Waals surface area contributed by atoms with E-state index in [0.29, 0.717) is 10.6 Å². The molecule has 0 bridgehead atoms. The van der Waals surface area contributed by atoms with Crippen LogP contribution in [0.5, 0.6) is 0 Å². The van der Waals surface area contributed by atoms with Gasteiger partial charge in [-0.15, -0.1) is 0 Å². The van der Waals surface area contributed by atoms with Gasteiger partial charge in [-0.3, -0.25) is 14.4 Å². The maximum absolute atomic E-state index is 11.6. The molecule has 6 radical (unpaired) electrons. The largest absolute Gasteiger partial charge is 0.281 e. The third kappa shape index (κ3) is 5.87. The molecule has 0 fully saturated rings. The minimum Gasteiger partial charge on any atom is -0.281 e. The number of Topliss-reactive ketones (excluding diaryl/α,β-unsaturated/α-hetero) is 1. The van der Waals surface area contributed by atoms with Gasteiger partial charge in [0.2, 0.25) is 0 Å². The van der Waals surface area contributed by atoms with E-state index < -0.39 is 4.31 Å². The van der Waals surface area contributed by atoms with Crippen LogP contribution in [0.15, 0.2) is 35.4 Å². The average molecular weight is 307 g/mol. The summed E-state index contributed by atoms with van der Waals surface area (Å²) in [6, 6.07) is 0. The molecule has 0 aliphatic heterocycles. The van der Waals surface area contributed by atoms with Crippen molar-refractivity contribution in [2.45, 2.75) is 11.2 Å². The molecule has 4 nitrogen and oxygen atoms in total. The maximum Gasteiger partial charge on any atom is 0.281 e. The van der Waals surface area contributed by atoms with Crippen LogP contribution < -0.4 is 0 Å². The first-order chi connectivity index (χ1) is 8.48. The summed E-state index contributed by atoms with van der Waals surface area (Å²) < 4.78 is -0.847. The van der Waals surface area contributed by atoms with Gasteiger partial charge in [-0.05, 0) is 0 Å². The number of hydrogen-bond acceptors (Lipinski definition) is 4. The van der Waals surface area contributed by atoms with Crippen molar-refractivity contribution in [2.24, 2.45) is 0 Å². The van der Waals surface area contributed by atoms with Crippen LogP contribution >= 0.6 is 11.6 Å². The van der Waals surface area contributed by atoms with Crippen molar-refractivity contribution < 1.29 is 35.2 Å². The smallest absolute Gasteiger partial charge is 0.281 e. The van der Waals surface area contributed by atoms with Crippen LogP contribution in [0.2, 0.25) is 4.31 Å². The van der Waals surface area contributed by atoms with E-state index in [1.54, 1.807) is 25.2 Å². The number of halogens is 1. The van der Waals surface area contributed by atoms with E-state index in [1.807, 2.05) is 0 Å². The zero-order chi connectivity index (χ0) is 15.4. The number of allylic oxidation sites excluding steroid dienone is 5. The molecule has 0 aromatic rings. The summed E-state index contributed by atoms with van der Waals surface area (Å²) >= 11 is 9.13. The van der Waals surface area contributed by atoms with Crippen LogP contribution in [0, 0.1) is 0 Å². The van der Waals surface area contributed by atoms with Gasteiger partial charge in [0.25, 0.3) is 20.4 Å². The van der Waals surface area contributed by atoms with E-state index >= 15 is 0 Å². The Bertz CT molecular complexity index is 347. The first kappa shape index (κ1) is 21.9. The second-order valence-electron chi connectivity index (χ2n) is 2.69. The van der Waals surface area contributed by atoms with Gasteiger partial charge in [-0.2, -0.15) is 0 Å². The molecule has 1 aliphatic carbocycles. The standard InChI is InChI=1S/C9H8ClO.3CO.Mn/c1-6(2)9(11)7-4-3-5-8(7)10;3*1-2;/h3-5H,1H2,2H3;;;;. The SMILES string of the molecule is C=C(C)C(=O)[C]1([Mn])C=CC=C1Cl.[C]=O.[C]=O.[C]=O. The molecular weight excluding hydrogens is 299 g/mol. The van der Waals surface area contributed by atoms with Gasteiger partial charge < -0.3 is 0 Å². The van der Waals surface area contributed by atoms with Crippen LogP contribution in [0.1, 0.15) is 6.92 Å². The Morgan fingerprint density at radius 1 is 1.28 bits per heavy atom. The second-order valence-corrected chi connectivity index (χ2v) is 4.03. The number of rotatable bonds is 2. The monoisotopic (exact) mass is 306 g/mol. The Morgan fingerprint density at radius 3 is 1.89 bits per heavy atom. The molecule has 0 heterocycles. The van der Waals surface area contributed by atoms with E-state index in [-0.39, 0.29) is 5.78 Å². The molecule has 0 spiro atoms. The summed E-state index contributed by atoms with van der Waals surface area (Å²) in [5.74, 6) is -0.0995. The molecule has 1 atom stereocenters. The molecule has 0 saturated carbocycles. The molecule has 1 unspecified atom stereocenters. The molecule has 1 rings (SSSR count). The topological polar surface area (TPSA) is 68.3 Å². The Kier molecular flexibility index (Phi) is 14.8. The molecule has 0 amide bonds. The fraction of sp³-hybridized carbons (Fsp3) is 0.167. The normalized spacial score (nSPS) is 18.7. The predicted molar refractivity (Wildman–Crippen MR) is 62.7 cm³/mol. The molecule has 0 saturated heterocycles. The van der Waals surface area contributed by atoms with Gasteiger partial charge in [0.05, 0.1) is 0 Å². The van der Waals surface area contributed by atoms with E-state index in [2.05, 4.69) is 43.0 Å². The molecule has 0 aromatic heterocycles. The van der Waals surface area contributed by atoms with Crippen LogP contribution in [-0.2, 0) is 35.2 Å². The molecule has 0 aromatic carbocycles. The van der Waals surface area contributed by atoms with E-state index in [4.69, 9.17) is 26.0 Å². The molecule has 6 heteroatoms.